The van der Waals surface area contributed by atoms with Crippen molar-refractivity contribution in [2.24, 2.45) is 0 Å². The molecule has 0 aromatic carbocycles. The minimum Gasteiger partial charge on any atom is -0.363 e. The number of nitrogens with zero attached hydrogens (tertiary/aromatic N) is 2. The Labute approximate surface area is 111 Å². The van der Waals surface area contributed by atoms with Crippen LogP contribution in [-0.4, -0.2) is 30.1 Å². The highest BCUT2D eigenvalue weighted by atomic mass is 32.2. The predicted octanol–water partition coefficient (Wildman–Crippen LogP) is 0.715. The number of aromatic nitrogens is 3. The molecule has 0 saturated carbocycles. The van der Waals surface area contributed by atoms with Gasteiger partial charge in [0.05, 0.1) is 0 Å². The Kier molecular flexibility index (Phi) is 4.13. The SMILES string of the molecule is CCNCc1cc(S(=O)(=O)Nc2cccnn2)c[nH]1. The van der Waals surface area contributed by atoms with Crippen molar-refractivity contribution in [1.29, 1.82) is 0 Å². The van der Waals surface area contributed by atoms with Crippen LogP contribution in [0.4, 0.5) is 5.82 Å². The highest BCUT2D eigenvalue weighted by Crippen LogP contribution is 2.14. The summed E-state index contributed by atoms with van der Waals surface area (Å²) in [5.74, 6) is 0.192. The molecule has 0 saturated heterocycles. The fraction of sp³-hybridized carbons (Fsp3) is 0.273. The lowest BCUT2D eigenvalue weighted by Gasteiger charge is -2.03. The Hall–Kier alpha value is -1.93. The fourth-order valence-electron chi connectivity index (χ4n) is 1.49. The zero-order chi connectivity index (χ0) is 13.7. The van der Waals surface area contributed by atoms with Crippen molar-refractivity contribution >= 4 is 15.8 Å². The summed E-state index contributed by atoms with van der Waals surface area (Å²) >= 11 is 0. The van der Waals surface area contributed by atoms with E-state index in [1.54, 1.807) is 12.1 Å². The lowest BCUT2D eigenvalue weighted by molar-refractivity contribution is 0.601. The second kappa shape index (κ2) is 5.81. The Morgan fingerprint density at radius 2 is 2.26 bits per heavy atom. The molecule has 0 aliphatic carbocycles. The number of rotatable bonds is 6. The van der Waals surface area contributed by atoms with Crippen molar-refractivity contribution < 1.29 is 8.42 Å². The molecule has 0 atom stereocenters. The van der Waals surface area contributed by atoms with Crippen LogP contribution in [0, 0.1) is 0 Å². The number of H-pyrrole nitrogens is 1. The third-order valence-electron chi connectivity index (χ3n) is 2.40. The van der Waals surface area contributed by atoms with E-state index in [4.69, 9.17) is 0 Å². The van der Waals surface area contributed by atoms with Gasteiger partial charge in [-0.3, -0.25) is 4.72 Å². The van der Waals surface area contributed by atoms with Gasteiger partial charge < -0.3 is 10.3 Å². The van der Waals surface area contributed by atoms with Gasteiger partial charge in [-0.15, -0.1) is 5.10 Å². The van der Waals surface area contributed by atoms with E-state index in [0.717, 1.165) is 12.2 Å². The minimum absolute atomic E-state index is 0.172. The molecule has 0 fully saturated rings. The van der Waals surface area contributed by atoms with Crippen LogP contribution in [0.1, 0.15) is 12.6 Å². The molecule has 0 amide bonds. The van der Waals surface area contributed by atoms with Crippen molar-refractivity contribution in [1.82, 2.24) is 20.5 Å². The van der Waals surface area contributed by atoms with Crippen molar-refractivity contribution in [3.8, 4) is 0 Å². The van der Waals surface area contributed by atoms with Gasteiger partial charge in [0.15, 0.2) is 5.82 Å². The first-order valence-electron chi connectivity index (χ1n) is 5.80. The third-order valence-corrected chi connectivity index (χ3v) is 3.74. The van der Waals surface area contributed by atoms with Crippen LogP contribution in [0.2, 0.25) is 0 Å². The number of sulfonamides is 1. The zero-order valence-electron chi connectivity index (χ0n) is 10.4. The van der Waals surface area contributed by atoms with Crippen LogP contribution >= 0.6 is 0 Å². The van der Waals surface area contributed by atoms with Crippen molar-refractivity contribution in [3.05, 3.63) is 36.3 Å². The van der Waals surface area contributed by atoms with Gasteiger partial charge in [-0.1, -0.05) is 6.92 Å². The topological polar surface area (TPSA) is 99.8 Å². The van der Waals surface area contributed by atoms with Gasteiger partial charge in [-0.2, -0.15) is 5.10 Å². The Morgan fingerprint density at radius 3 is 2.95 bits per heavy atom. The van der Waals surface area contributed by atoms with E-state index in [2.05, 4.69) is 25.2 Å². The van der Waals surface area contributed by atoms with E-state index < -0.39 is 10.0 Å². The maximum absolute atomic E-state index is 12.1. The number of nitrogens with one attached hydrogen (secondary N) is 3. The van der Waals surface area contributed by atoms with Crippen LogP contribution in [0.25, 0.3) is 0 Å². The molecular weight excluding hydrogens is 266 g/mol. The summed E-state index contributed by atoms with van der Waals surface area (Å²) in [6.07, 6.45) is 2.92. The molecule has 0 aliphatic heterocycles. The first-order valence-corrected chi connectivity index (χ1v) is 7.28. The lowest BCUT2D eigenvalue weighted by Crippen LogP contribution is -2.14. The minimum atomic E-state index is -3.63. The summed E-state index contributed by atoms with van der Waals surface area (Å²) in [5.41, 5.74) is 0.807. The van der Waals surface area contributed by atoms with E-state index in [0.29, 0.717) is 6.54 Å². The Morgan fingerprint density at radius 1 is 1.42 bits per heavy atom. The second-order valence-corrected chi connectivity index (χ2v) is 5.54. The molecule has 0 unspecified atom stereocenters. The normalized spacial score (nSPS) is 11.4. The second-order valence-electron chi connectivity index (χ2n) is 3.86. The van der Waals surface area contributed by atoms with E-state index in [1.165, 1.54) is 18.5 Å². The van der Waals surface area contributed by atoms with Crippen LogP contribution in [0.5, 0.6) is 0 Å². The molecule has 2 aromatic rings. The average molecular weight is 281 g/mol. The lowest BCUT2D eigenvalue weighted by atomic mass is 10.4. The number of aromatic amines is 1. The van der Waals surface area contributed by atoms with Gasteiger partial charge in [0.25, 0.3) is 10.0 Å². The highest BCUT2D eigenvalue weighted by Gasteiger charge is 2.16. The summed E-state index contributed by atoms with van der Waals surface area (Å²) in [5, 5.41) is 10.4. The summed E-state index contributed by atoms with van der Waals surface area (Å²) in [6.45, 7) is 3.40. The van der Waals surface area contributed by atoms with Crippen LogP contribution in [0.15, 0.2) is 35.5 Å². The molecule has 2 rings (SSSR count). The maximum atomic E-state index is 12.1. The van der Waals surface area contributed by atoms with Gasteiger partial charge in [0.2, 0.25) is 0 Å². The van der Waals surface area contributed by atoms with E-state index >= 15 is 0 Å². The van der Waals surface area contributed by atoms with E-state index in [1.807, 2.05) is 6.92 Å². The molecule has 8 heteroatoms. The zero-order valence-corrected chi connectivity index (χ0v) is 11.2. The fourth-order valence-corrected chi connectivity index (χ4v) is 2.50. The highest BCUT2D eigenvalue weighted by molar-refractivity contribution is 7.92. The average Bonchev–Trinajstić information content (AvgIpc) is 2.86. The molecule has 7 nitrogen and oxygen atoms in total. The Balaban J connectivity index is 2.13. The van der Waals surface area contributed by atoms with Gasteiger partial charge in [-0.25, -0.2) is 8.42 Å². The van der Waals surface area contributed by atoms with E-state index in [9.17, 15) is 8.42 Å². The van der Waals surface area contributed by atoms with Crippen molar-refractivity contribution in [2.75, 3.05) is 11.3 Å². The van der Waals surface area contributed by atoms with Crippen LogP contribution < -0.4 is 10.0 Å². The first kappa shape index (κ1) is 13.5. The molecule has 0 radical (unpaired) electrons. The molecule has 2 heterocycles. The molecule has 102 valence electrons. The number of anilines is 1. The molecule has 19 heavy (non-hydrogen) atoms. The predicted molar refractivity (Wildman–Crippen MR) is 71.0 cm³/mol. The standard InChI is InChI=1S/C11H15N5O2S/c1-2-12-7-9-6-10(8-13-9)19(17,18)16-11-4-3-5-14-15-11/h3-6,8,12-13H,2,7H2,1H3,(H,15,16). The molecule has 0 bridgehead atoms. The molecular formula is C11H15N5O2S. The van der Waals surface area contributed by atoms with Gasteiger partial charge in [0.1, 0.15) is 4.90 Å². The largest absolute Gasteiger partial charge is 0.363 e. The van der Waals surface area contributed by atoms with Gasteiger partial charge in [-0.05, 0) is 24.7 Å². The van der Waals surface area contributed by atoms with Crippen molar-refractivity contribution in [3.63, 3.8) is 0 Å². The molecule has 3 N–H and O–H groups in total. The summed E-state index contributed by atoms with van der Waals surface area (Å²) in [6, 6.07) is 4.73. The number of hydrogen-bond acceptors (Lipinski definition) is 5. The third kappa shape index (κ3) is 3.52. The van der Waals surface area contributed by atoms with Crippen LogP contribution in [0.3, 0.4) is 0 Å². The molecule has 0 spiro atoms. The summed E-state index contributed by atoms with van der Waals surface area (Å²) in [7, 11) is -3.63. The van der Waals surface area contributed by atoms with E-state index in [-0.39, 0.29) is 10.7 Å². The molecule has 0 aliphatic rings. The van der Waals surface area contributed by atoms with Crippen molar-refractivity contribution in [2.45, 2.75) is 18.4 Å². The summed E-state index contributed by atoms with van der Waals surface area (Å²) < 4.78 is 26.5. The Bertz CT molecular complexity index is 624. The van der Waals surface area contributed by atoms with Crippen LogP contribution in [-0.2, 0) is 16.6 Å². The van der Waals surface area contributed by atoms with Gasteiger partial charge >= 0.3 is 0 Å². The van der Waals surface area contributed by atoms with Gasteiger partial charge in [0, 0.05) is 24.6 Å². The summed E-state index contributed by atoms with van der Waals surface area (Å²) in [4.78, 5) is 3.09. The maximum Gasteiger partial charge on any atom is 0.264 e. The quantitative estimate of drug-likeness (QED) is 0.724. The molecule has 2 aromatic heterocycles. The number of hydrogen-bond donors (Lipinski definition) is 3. The monoisotopic (exact) mass is 281 g/mol. The first-order chi connectivity index (χ1) is 9.12. The smallest absolute Gasteiger partial charge is 0.264 e.